The second kappa shape index (κ2) is 12.2. The molecule has 4 aromatic rings. The van der Waals surface area contributed by atoms with Crippen LogP contribution < -0.4 is 4.74 Å². The number of aromatic nitrogens is 2. The lowest BCUT2D eigenvalue weighted by atomic mass is 9.98. The molecule has 0 N–H and O–H groups in total. The first-order valence-electron chi connectivity index (χ1n) is 13.3. The lowest BCUT2D eigenvalue weighted by molar-refractivity contribution is 0.153. The van der Waals surface area contributed by atoms with Crippen molar-refractivity contribution in [2.24, 2.45) is 0 Å². The maximum atomic E-state index is 9.59. The van der Waals surface area contributed by atoms with Gasteiger partial charge in [0, 0.05) is 30.8 Å². The molecule has 0 unspecified atom stereocenters. The lowest BCUT2D eigenvalue weighted by Gasteiger charge is -2.42. The van der Waals surface area contributed by atoms with Gasteiger partial charge in [-0.25, -0.2) is 0 Å². The molecule has 1 fully saturated rings. The van der Waals surface area contributed by atoms with Crippen LogP contribution in [-0.4, -0.2) is 53.1 Å². The van der Waals surface area contributed by atoms with E-state index in [9.17, 15) is 5.26 Å². The number of fused-ring (bicyclic) bond motifs is 1. The number of nitrogens with zero attached hydrogens (tertiary/aromatic N) is 4. The Kier molecular flexibility index (Phi) is 8.54. The van der Waals surface area contributed by atoms with E-state index < -0.39 is 8.38 Å². The maximum Gasteiger partial charge on any atom is 0.258 e. The van der Waals surface area contributed by atoms with E-state index in [1.165, 1.54) is 10.9 Å². The van der Waals surface area contributed by atoms with E-state index in [1.807, 2.05) is 39.8 Å². The molecule has 39 heavy (non-hydrogen) atoms. The Morgan fingerprint density at radius 2 is 1.79 bits per heavy atom. The van der Waals surface area contributed by atoms with Gasteiger partial charge in [0.25, 0.3) is 5.89 Å². The van der Waals surface area contributed by atoms with Crippen LogP contribution in [-0.2, 0) is 15.6 Å². The minimum absolute atomic E-state index is 0.0281. The summed E-state index contributed by atoms with van der Waals surface area (Å²) in [5.74, 6) is 1.41. The molecule has 0 spiro atoms. The third-order valence-electron chi connectivity index (χ3n) is 6.53. The van der Waals surface area contributed by atoms with Gasteiger partial charge in [0.05, 0.1) is 30.5 Å². The minimum Gasteiger partial charge on any atom is -0.490 e. The van der Waals surface area contributed by atoms with Crippen molar-refractivity contribution in [2.75, 3.05) is 26.3 Å². The van der Waals surface area contributed by atoms with Crippen LogP contribution >= 0.6 is 8.38 Å². The van der Waals surface area contributed by atoms with E-state index in [-0.39, 0.29) is 6.10 Å². The Hall–Kier alpha value is -3.34. The van der Waals surface area contributed by atoms with Gasteiger partial charge in [-0.3, -0.25) is 4.90 Å². The zero-order valence-corrected chi connectivity index (χ0v) is 23.6. The number of ether oxygens (including phenoxy) is 1. The Bertz CT molecular complexity index is 1470. The molecule has 3 aromatic carbocycles. The molecule has 1 aliphatic rings. The van der Waals surface area contributed by atoms with Crippen LogP contribution in [0, 0.1) is 11.3 Å². The van der Waals surface area contributed by atoms with Gasteiger partial charge in [-0.05, 0) is 62.2 Å². The van der Waals surface area contributed by atoms with Gasteiger partial charge < -0.3 is 18.3 Å². The molecular weight excluding hydrogens is 511 g/mol. The van der Waals surface area contributed by atoms with Crippen LogP contribution in [0.3, 0.4) is 0 Å². The molecule has 1 aromatic heterocycles. The predicted molar refractivity (Wildman–Crippen MR) is 152 cm³/mol. The summed E-state index contributed by atoms with van der Waals surface area (Å²) in [5.41, 5.74) is 3.72. The second-order valence-corrected chi connectivity index (χ2v) is 11.5. The number of hydrogen-bond donors (Lipinski definition) is 0. The Labute approximate surface area is 230 Å². The number of hydrogen-bond acceptors (Lipinski definition) is 8. The lowest BCUT2D eigenvalue weighted by Crippen LogP contribution is -2.49. The Balaban J connectivity index is 1.36. The number of rotatable bonds is 11. The number of benzene rings is 3. The Morgan fingerprint density at radius 3 is 2.49 bits per heavy atom. The van der Waals surface area contributed by atoms with E-state index in [4.69, 9.17) is 18.3 Å². The van der Waals surface area contributed by atoms with Gasteiger partial charge in [0.1, 0.15) is 11.8 Å². The molecule has 0 saturated carbocycles. The molecule has 0 aliphatic carbocycles. The zero-order chi connectivity index (χ0) is 27.4. The van der Waals surface area contributed by atoms with Crippen molar-refractivity contribution in [1.82, 2.24) is 15.0 Å². The molecule has 202 valence electrons. The summed E-state index contributed by atoms with van der Waals surface area (Å²) >= 11 is 0. The smallest absolute Gasteiger partial charge is 0.258 e. The summed E-state index contributed by atoms with van der Waals surface area (Å²) in [6.45, 7) is 12.1. The molecule has 2 heterocycles. The Morgan fingerprint density at radius 1 is 1.05 bits per heavy atom. The van der Waals surface area contributed by atoms with Crippen molar-refractivity contribution < 1.29 is 18.3 Å². The number of likely N-dealkylation sites (tertiary alicyclic amines) is 1. The summed E-state index contributed by atoms with van der Waals surface area (Å²) in [4.78, 5) is 7.12. The van der Waals surface area contributed by atoms with Crippen molar-refractivity contribution in [3.05, 3.63) is 65.7 Å². The van der Waals surface area contributed by atoms with Crippen molar-refractivity contribution in [3.8, 4) is 34.7 Å². The highest BCUT2D eigenvalue weighted by Crippen LogP contribution is 2.48. The van der Waals surface area contributed by atoms with Crippen molar-refractivity contribution >= 4 is 19.1 Å². The standard InChI is InChI=1S/C30H33N4O4P/c1-5-35-39(36-6-2)24-18-34(19-24)17-22-11-13-27(26-10-8-7-9-25(22)26)29-32-30(38-33-29)21-12-14-28(37-20(3)4)23(15-21)16-31/h7-15,20,24H,5-6,17-19H2,1-4H3. The third-order valence-corrected chi connectivity index (χ3v) is 8.48. The SMILES string of the molecule is CCOP(OCC)C1CN(Cc2ccc(-c3noc(-c4ccc(OC(C)C)c(C#N)c4)n3)c3ccccc23)C1. The van der Waals surface area contributed by atoms with Crippen molar-refractivity contribution in [3.63, 3.8) is 0 Å². The quantitative estimate of drug-likeness (QED) is 0.191. The summed E-state index contributed by atoms with van der Waals surface area (Å²) in [6.07, 6.45) is -0.0281. The topological polar surface area (TPSA) is 93.6 Å². The molecule has 8 nitrogen and oxygen atoms in total. The molecule has 0 bridgehead atoms. The first-order chi connectivity index (χ1) is 19.0. The van der Waals surface area contributed by atoms with Crippen LogP contribution in [0.2, 0.25) is 0 Å². The summed E-state index contributed by atoms with van der Waals surface area (Å²) < 4.78 is 23.1. The molecule has 0 atom stereocenters. The summed E-state index contributed by atoms with van der Waals surface area (Å²) in [7, 11) is -0.826. The third kappa shape index (κ3) is 5.98. The van der Waals surface area contributed by atoms with Crippen molar-refractivity contribution in [1.29, 1.82) is 5.26 Å². The van der Waals surface area contributed by atoms with E-state index >= 15 is 0 Å². The highest BCUT2D eigenvalue weighted by Gasteiger charge is 2.35. The second-order valence-electron chi connectivity index (χ2n) is 9.70. The molecule has 0 radical (unpaired) electrons. The molecule has 9 heteroatoms. The highest BCUT2D eigenvalue weighted by molar-refractivity contribution is 7.48. The normalized spacial score (nSPS) is 14.2. The van der Waals surface area contributed by atoms with Crippen LogP contribution in [0.25, 0.3) is 33.6 Å². The predicted octanol–water partition coefficient (Wildman–Crippen LogP) is 6.78. The van der Waals surface area contributed by atoms with Crippen LogP contribution in [0.15, 0.2) is 59.1 Å². The molecule has 1 saturated heterocycles. The van der Waals surface area contributed by atoms with Gasteiger partial charge in [0.2, 0.25) is 5.82 Å². The zero-order valence-electron chi connectivity index (χ0n) is 22.8. The van der Waals surface area contributed by atoms with E-state index in [0.29, 0.717) is 47.5 Å². The largest absolute Gasteiger partial charge is 0.490 e. The van der Waals surface area contributed by atoms with E-state index in [2.05, 4.69) is 51.4 Å². The van der Waals surface area contributed by atoms with Crippen LogP contribution in [0.1, 0.15) is 38.8 Å². The first-order valence-corrected chi connectivity index (χ1v) is 14.6. The minimum atomic E-state index is -0.826. The summed E-state index contributed by atoms with van der Waals surface area (Å²) in [6, 6.07) is 20.1. The van der Waals surface area contributed by atoms with E-state index in [0.717, 1.165) is 30.6 Å². The molecule has 1 aliphatic heterocycles. The fourth-order valence-electron chi connectivity index (χ4n) is 4.80. The fraction of sp³-hybridized carbons (Fsp3) is 0.367. The molecule has 5 rings (SSSR count). The van der Waals surface area contributed by atoms with Crippen molar-refractivity contribution in [2.45, 2.75) is 46.0 Å². The average Bonchev–Trinajstić information content (AvgIpc) is 3.40. The van der Waals surface area contributed by atoms with Gasteiger partial charge in [-0.15, -0.1) is 0 Å². The molecule has 0 amide bonds. The fourth-order valence-corrected chi connectivity index (χ4v) is 6.53. The van der Waals surface area contributed by atoms with Crippen LogP contribution in [0.4, 0.5) is 0 Å². The highest BCUT2D eigenvalue weighted by atomic mass is 31.2. The van der Waals surface area contributed by atoms with Gasteiger partial charge in [-0.2, -0.15) is 10.2 Å². The van der Waals surface area contributed by atoms with Gasteiger partial charge in [-0.1, -0.05) is 41.6 Å². The first kappa shape index (κ1) is 27.2. The molecular formula is C30H33N4O4P. The van der Waals surface area contributed by atoms with E-state index in [1.54, 1.807) is 12.1 Å². The van der Waals surface area contributed by atoms with Gasteiger partial charge >= 0.3 is 0 Å². The van der Waals surface area contributed by atoms with Crippen LogP contribution in [0.5, 0.6) is 5.75 Å². The monoisotopic (exact) mass is 544 g/mol. The average molecular weight is 545 g/mol. The summed E-state index contributed by atoms with van der Waals surface area (Å²) in [5, 5.41) is 16.1. The van der Waals surface area contributed by atoms with Gasteiger partial charge in [0.15, 0.2) is 8.38 Å². The number of nitriles is 1. The maximum absolute atomic E-state index is 9.59.